The molecule has 1 aromatic rings. The Bertz CT molecular complexity index is 472. The van der Waals surface area contributed by atoms with Crippen LogP contribution in [0.3, 0.4) is 0 Å². The van der Waals surface area contributed by atoms with E-state index < -0.39 is 11.6 Å². The number of esters is 1. The monoisotopic (exact) mass is 307 g/mol. The summed E-state index contributed by atoms with van der Waals surface area (Å²) in [5, 5.41) is 0. The molecule has 0 N–H and O–H groups in total. The quantitative estimate of drug-likeness (QED) is 0.797. The summed E-state index contributed by atoms with van der Waals surface area (Å²) in [6.07, 6.45) is 1.25. The molecule has 0 unspecified atom stereocenters. The number of nitrogens with zero attached hydrogens (tertiary/aromatic N) is 1. The normalized spacial score (nSPS) is 10.3. The Hall–Kier alpha value is -1.84. The summed E-state index contributed by atoms with van der Waals surface area (Å²) in [7, 11) is 1.59. The molecule has 0 heterocycles. The van der Waals surface area contributed by atoms with Crippen LogP contribution in [0.4, 0.5) is 0 Å². The van der Waals surface area contributed by atoms with Gasteiger partial charge in [0.15, 0.2) is 0 Å². The zero-order chi connectivity index (χ0) is 17.3. The lowest BCUT2D eigenvalue weighted by Gasteiger charge is -2.22. The number of benzene rings is 1. The van der Waals surface area contributed by atoms with Gasteiger partial charge in [-0.25, -0.2) is 0 Å². The molecule has 1 amide bonds. The Morgan fingerprint density at radius 1 is 1.09 bits per heavy atom. The second kappa shape index (κ2) is 9.23. The molecule has 0 bridgehead atoms. The summed E-state index contributed by atoms with van der Waals surface area (Å²) in [6.45, 7) is 11.6. The van der Waals surface area contributed by atoms with E-state index in [0.717, 1.165) is 5.56 Å². The molecular formula is C18H29NO3. The van der Waals surface area contributed by atoms with Gasteiger partial charge in [-0.3, -0.25) is 9.59 Å². The van der Waals surface area contributed by atoms with Crippen LogP contribution in [0, 0.1) is 6.92 Å². The maximum atomic E-state index is 12.1. The number of aryl methyl sites for hydroxylation is 1. The lowest BCUT2D eigenvalue weighted by atomic mass is 10.1. The fourth-order valence-electron chi connectivity index (χ4n) is 1.56. The molecule has 124 valence electrons. The minimum absolute atomic E-state index is 0.0516. The van der Waals surface area contributed by atoms with Gasteiger partial charge in [-0.05, 0) is 39.8 Å². The van der Waals surface area contributed by atoms with E-state index in [0.29, 0.717) is 5.56 Å². The number of carbonyl (C=O) groups is 2. The van der Waals surface area contributed by atoms with Gasteiger partial charge in [0.1, 0.15) is 12.1 Å². The zero-order valence-corrected chi connectivity index (χ0v) is 14.9. The van der Waals surface area contributed by atoms with Crippen LogP contribution in [0.25, 0.3) is 0 Å². The van der Waals surface area contributed by atoms with Crippen molar-refractivity contribution in [1.82, 2.24) is 4.90 Å². The third-order valence-corrected chi connectivity index (χ3v) is 2.43. The smallest absolute Gasteiger partial charge is 0.326 e. The maximum absolute atomic E-state index is 12.1. The predicted molar refractivity (Wildman–Crippen MR) is 89.9 cm³/mol. The topological polar surface area (TPSA) is 46.6 Å². The van der Waals surface area contributed by atoms with Crippen molar-refractivity contribution in [1.29, 1.82) is 0 Å². The van der Waals surface area contributed by atoms with E-state index in [9.17, 15) is 9.59 Å². The van der Waals surface area contributed by atoms with Gasteiger partial charge in [0.05, 0.1) is 0 Å². The van der Waals surface area contributed by atoms with Crippen LogP contribution in [0.1, 0.15) is 57.0 Å². The summed E-state index contributed by atoms with van der Waals surface area (Å²) in [5.41, 5.74) is 1.12. The largest absolute Gasteiger partial charge is 0.459 e. The van der Waals surface area contributed by atoms with Crippen molar-refractivity contribution in [3.8, 4) is 0 Å². The van der Waals surface area contributed by atoms with E-state index in [1.807, 2.05) is 19.1 Å². The average molecular weight is 307 g/mol. The summed E-state index contributed by atoms with van der Waals surface area (Å²) in [6, 6.07) is 7.25. The molecule has 0 spiro atoms. The van der Waals surface area contributed by atoms with Crippen LogP contribution in [-0.4, -0.2) is 36.0 Å². The molecule has 0 atom stereocenters. The fourth-order valence-corrected chi connectivity index (χ4v) is 1.56. The molecule has 1 rings (SSSR count). The number of carbonyl (C=O) groups excluding carboxylic acids is 2. The van der Waals surface area contributed by atoms with Gasteiger partial charge in [0, 0.05) is 12.6 Å². The Morgan fingerprint density at radius 3 is 1.95 bits per heavy atom. The highest BCUT2D eigenvalue weighted by Crippen LogP contribution is 2.09. The van der Waals surface area contributed by atoms with Crippen molar-refractivity contribution in [2.45, 2.75) is 53.6 Å². The van der Waals surface area contributed by atoms with Gasteiger partial charge in [-0.15, -0.1) is 0 Å². The molecule has 0 aliphatic carbocycles. The molecule has 1 aromatic carbocycles. The van der Waals surface area contributed by atoms with Crippen LogP contribution in [-0.2, 0) is 9.53 Å². The number of likely N-dealkylation sites (N-methyl/N-ethyl adjacent to an activating group) is 1. The first-order valence-electron chi connectivity index (χ1n) is 7.64. The minimum atomic E-state index is -0.537. The number of ether oxygens (including phenoxy) is 1. The standard InChI is InChI=1S/C15H21NO3.C3H8/c1-11-6-8-12(9-7-11)14(18)16(5)10-13(17)19-15(2,3)4;1-3-2/h6-9H,10H2,1-5H3;3H2,1-2H3. The predicted octanol–water partition coefficient (Wildman–Crippen LogP) is 3.83. The van der Waals surface area contributed by atoms with Crippen molar-refractivity contribution in [2.75, 3.05) is 13.6 Å². The van der Waals surface area contributed by atoms with Crippen molar-refractivity contribution in [3.05, 3.63) is 35.4 Å². The summed E-state index contributed by atoms with van der Waals surface area (Å²) in [5.74, 6) is -0.596. The van der Waals surface area contributed by atoms with Gasteiger partial charge in [-0.2, -0.15) is 0 Å². The van der Waals surface area contributed by atoms with Crippen molar-refractivity contribution in [3.63, 3.8) is 0 Å². The third kappa shape index (κ3) is 8.45. The number of rotatable bonds is 3. The Labute approximate surface area is 134 Å². The van der Waals surface area contributed by atoms with Crippen LogP contribution in [0.2, 0.25) is 0 Å². The van der Waals surface area contributed by atoms with E-state index in [1.54, 1.807) is 40.0 Å². The average Bonchev–Trinajstić information content (AvgIpc) is 2.37. The first-order valence-corrected chi connectivity index (χ1v) is 7.64. The molecule has 0 aromatic heterocycles. The summed E-state index contributed by atoms with van der Waals surface area (Å²) < 4.78 is 5.18. The van der Waals surface area contributed by atoms with Gasteiger partial charge in [0.25, 0.3) is 5.91 Å². The van der Waals surface area contributed by atoms with E-state index in [1.165, 1.54) is 11.3 Å². The molecule has 0 aliphatic heterocycles. The fraction of sp³-hybridized carbons (Fsp3) is 0.556. The number of hydrogen-bond acceptors (Lipinski definition) is 3. The highest BCUT2D eigenvalue weighted by molar-refractivity contribution is 5.95. The van der Waals surface area contributed by atoms with Crippen LogP contribution < -0.4 is 0 Å². The minimum Gasteiger partial charge on any atom is -0.459 e. The van der Waals surface area contributed by atoms with Gasteiger partial charge < -0.3 is 9.64 Å². The van der Waals surface area contributed by atoms with Crippen LogP contribution in [0.5, 0.6) is 0 Å². The van der Waals surface area contributed by atoms with Gasteiger partial charge >= 0.3 is 5.97 Å². The van der Waals surface area contributed by atoms with E-state index in [-0.39, 0.29) is 12.5 Å². The second-order valence-corrected chi connectivity index (χ2v) is 6.32. The van der Waals surface area contributed by atoms with Gasteiger partial charge in [0.2, 0.25) is 0 Å². The highest BCUT2D eigenvalue weighted by Gasteiger charge is 2.20. The van der Waals surface area contributed by atoms with Crippen molar-refractivity contribution >= 4 is 11.9 Å². The first kappa shape index (κ1) is 20.2. The second-order valence-electron chi connectivity index (χ2n) is 6.32. The Kier molecular flexibility index (Phi) is 8.46. The van der Waals surface area contributed by atoms with E-state index >= 15 is 0 Å². The molecular weight excluding hydrogens is 278 g/mol. The van der Waals surface area contributed by atoms with Crippen LogP contribution >= 0.6 is 0 Å². The lowest BCUT2D eigenvalue weighted by molar-refractivity contribution is -0.155. The third-order valence-electron chi connectivity index (χ3n) is 2.43. The molecule has 0 saturated carbocycles. The summed E-state index contributed by atoms with van der Waals surface area (Å²) in [4.78, 5) is 25.1. The molecule has 0 radical (unpaired) electrons. The number of hydrogen-bond donors (Lipinski definition) is 0. The molecule has 22 heavy (non-hydrogen) atoms. The van der Waals surface area contributed by atoms with E-state index in [4.69, 9.17) is 4.74 Å². The molecule has 0 fully saturated rings. The Balaban J connectivity index is 0.00000135. The first-order chi connectivity index (χ1) is 10.1. The molecule has 0 saturated heterocycles. The van der Waals surface area contributed by atoms with Crippen molar-refractivity contribution in [2.24, 2.45) is 0 Å². The molecule has 4 nitrogen and oxygen atoms in total. The van der Waals surface area contributed by atoms with Crippen LogP contribution in [0.15, 0.2) is 24.3 Å². The lowest BCUT2D eigenvalue weighted by Crippen LogP contribution is -2.36. The maximum Gasteiger partial charge on any atom is 0.326 e. The zero-order valence-electron chi connectivity index (χ0n) is 14.9. The molecule has 4 heteroatoms. The molecule has 0 aliphatic rings. The SMILES string of the molecule is CCC.Cc1ccc(C(=O)N(C)CC(=O)OC(C)(C)C)cc1. The summed E-state index contributed by atoms with van der Waals surface area (Å²) >= 11 is 0. The van der Waals surface area contributed by atoms with Gasteiger partial charge in [-0.1, -0.05) is 38.0 Å². The highest BCUT2D eigenvalue weighted by atomic mass is 16.6. The Morgan fingerprint density at radius 2 is 1.55 bits per heavy atom. The number of amides is 1. The van der Waals surface area contributed by atoms with E-state index in [2.05, 4.69) is 13.8 Å². The van der Waals surface area contributed by atoms with Crippen molar-refractivity contribution < 1.29 is 14.3 Å².